The molecule has 0 saturated carbocycles. The van der Waals surface area contributed by atoms with Crippen LogP contribution in [0.25, 0.3) is 10.9 Å². The highest BCUT2D eigenvalue weighted by atomic mass is 16.2. The maximum Gasteiger partial charge on any atom is 0.243 e. The van der Waals surface area contributed by atoms with Crippen molar-refractivity contribution in [2.24, 2.45) is 44.4 Å². The molecule has 1 aliphatic heterocycles. The monoisotopic (exact) mass is 1040 g/mol. The molecule has 2 heterocycles. The van der Waals surface area contributed by atoms with Crippen molar-refractivity contribution in [3.8, 4) is 0 Å². The van der Waals surface area contributed by atoms with Crippen LogP contribution < -0.4 is 76.9 Å². The molecular weight excluding hydrogens is 975 g/mol. The second-order valence-electron chi connectivity index (χ2n) is 17.9. The largest absolute Gasteiger partial charge is 0.370 e. The number of hydrogen-bond donors (Lipinski definition) is 15. The van der Waals surface area contributed by atoms with E-state index in [4.69, 9.17) is 34.4 Å². The van der Waals surface area contributed by atoms with Crippen molar-refractivity contribution < 1.29 is 47.9 Å². The summed E-state index contributed by atoms with van der Waals surface area (Å²) >= 11 is 0. The number of nitrogens with one attached hydrogen (secondary N) is 9. The lowest BCUT2D eigenvalue weighted by Gasteiger charge is -2.28. The van der Waals surface area contributed by atoms with Crippen molar-refractivity contribution in [2.75, 3.05) is 19.6 Å². The minimum absolute atomic E-state index is 0.0110. The molecule has 1 aliphatic rings. The van der Waals surface area contributed by atoms with E-state index < -0.39 is 114 Å². The van der Waals surface area contributed by atoms with Crippen LogP contribution in [0.3, 0.4) is 0 Å². The third-order valence-corrected chi connectivity index (χ3v) is 11.8. The zero-order chi connectivity index (χ0) is 55.0. The van der Waals surface area contributed by atoms with Crippen molar-refractivity contribution >= 4 is 81.9 Å². The molecule has 75 heavy (non-hydrogen) atoms. The number of carbonyl (C=O) groups is 10. The second kappa shape index (κ2) is 29.7. The quantitative estimate of drug-likeness (QED) is 0.0325. The summed E-state index contributed by atoms with van der Waals surface area (Å²) in [6.07, 6.45) is 0.376. The van der Waals surface area contributed by atoms with E-state index in [1.807, 2.05) is 0 Å². The van der Waals surface area contributed by atoms with Crippen LogP contribution in [0.2, 0.25) is 0 Å². The number of para-hydroxylation sites is 1. The summed E-state index contributed by atoms with van der Waals surface area (Å²) < 4.78 is 0. The zero-order valence-corrected chi connectivity index (χ0v) is 41.7. The van der Waals surface area contributed by atoms with Crippen LogP contribution >= 0.6 is 0 Å². The number of aromatic amines is 1. The minimum atomic E-state index is -1.73. The molecule has 3 aromatic rings. The first kappa shape index (κ1) is 58.8. The second-order valence-corrected chi connectivity index (χ2v) is 17.9. The Morgan fingerprint density at radius 2 is 1.27 bits per heavy atom. The van der Waals surface area contributed by atoms with Gasteiger partial charge in [0.15, 0.2) is 11.9 Å². The Balaban J connectivity index is 1.77. The van der Waals surface area contributed by atoms with Crippen LogP contribution in [-0.4, -0.2) is 138 Å². The Morgan fingerprint density at radius 3 is 1.92 bits per heavy atom. The normalized spacial score (nSPS) is 21.0. The number of fused-ring (bicyclic) bond motifs is 1. The number of H-pyrrole nitrogens is 1. The lowest BCUT2D eigenvalue weighted by molar-refractivity contribution is -0.136. The van der Waals surface area contributed by atoms with Crippen LogP contribution in [0.4, 0.5) is 0 Å². The summed E-state index contributed by atoms with van der Waals surface area (Å²) in [6.45, 7) is 1.28. The van der Waals surface area contributed by atoms with E-state index in [9.17, 15) is 47.9 Å². The molecule has 27 nitrogen and oxygen atoms in total. The fraction of sp³-hybridized carbons (Fsp3) is 0.458. The van der Waals surface area contributed by atoms with Gasteiger partial charge >= 0.3 is 0 Å². The third-order valence-electron chi connectivity index (χ3n) is 11.8. The lowest BCUT2D eigenvalue weighted by Crippen LogP contribution is -2.61. The van der Waals surface area contributed by atoms with Gasteiger partial charge in [-0.25, -0.2) is 0 Å². The molecular formula is C48H69N17O10. The lowest BCUT2D eigenvalue weighted by atomic mass is 10.0. The Morgan fingerprint density at radius 1 is 0.680 bits per heavy atom. The van der Waals surface area contributed by atoms with Crippen molar-refractivity contribution in [3.63, 3.8) is 0 Å². The standard InChI is InChI=1S/C48H69N17O10/c1-26(66)59-31(16-9-19-56-47(51)52)41(70)60-32-15-7-8-18-55-39(68)24-34(40(50)69)62-45(74)36(22-28-25-58-30-14-6-5-13-29(28)30)64-43(72)33(17-10-20-57-48(53)54)61-44(73)35(21-27-11-3-2-4-12-27)63-46(75)37(23-38(49)67)65-42(32)71/h2-6,11-14,25,31-37,58H,7-10,15-24H2,1H3,(H2,49,67)(H2,50,69)(H,55,68)(H,59,66)(H,60,70)(H,61,73)(H,62,74)(H,63,75)(H,64,72)(H,65,71)(H4,51,52,56)(H4,53,54,57)/t31-,32-,33-,34-,35+,36-,37-/m0/s1. The van der Waals surface area contributed by atoms with Crippen LogP contribution in [0.15, 0.2) is 70.8 Å². The number of benzene rings is 2. The van der Waals surface area contributed by atoms with Crippen molar-refractivity contribution in [1.82, 2.24) is 47.5 Å². The van der Waals surface area contributed by atoms with Gasteiger partial charge in [-0.2, -0.15) is 0 Å². The van der Waals surface area contributed by atoms with Gasteiger partial charge in [-0.3, -0.25) is 57.9 Å². The minimum Gasteiger partial charge on any atom is -0.370 e. The summed E-state index contributed by atoms with van der Waals surface area (Å²) in [4.78, 5) is 147. The van der Waals surface area contributed by atoms with E-state index in [1.165, 1.54) is 6.92 Å². The Hall–Kier alpha value is -8.78. The molecule has 1 saturated heterocycles. The number of aliphatic imine (C=N–C) groups is 2. The Kier molecular flexibility index (Phi) is 23.3. The van der Waals surface area contributed by atoms with Crippen LogP contribution in [0, 0.1) is 0 Å². The summed E-state index contributed by atoms with van der Waals surface area (Å²) in [5.74, 6) is -9.28. The van der Waals surface area contributed by atoms with Crippen LogP contribution in [-0.2, 0) is 60.8 Å². The van der Waals surface area contributed by atoms with Gasteiger partial charge < -0.3 is 81.9 Å². The molecule has 10 amide bonds. The smallest absolute Gasteiger partial charge is 0.243 e. The first-order valence-corrected chi connectivity index (χ1v) is 24.3. The van der Waals surface area contributed by atoms with E-state index in [0.717, 1.165) is 5.52 Å². The average Bonchev–Trinajstić information content (AvgIpc) is 3.76. The van der Waals surface area contributed by atoms with E-state index >= 15 is 0 Å². The maximum absolute atomic E-state index is 14.6. The number of nitrogens with two attached hydrogens (primary N) is 6. The number of amides is 10. The highest BCUT2D eigenvalue weighted by Gasteiger charge is 2.35. The Labute approximate surface area is 432 Å². The van der Waals surface area contributed by atoms with Gasteiger partial charge in [0, 0.05) is 56.5 Å². The maximum atomic E-state index is 14.6. The molecule has 1 aromatic heterocycles. The molecule has 21 N–H and O–H groups in total. The molecule has 27 heteroatoms. The van der Waals surface area contributed by atoms with Crippen molar-refractivity contribution in [2.45, 2.75) is 120 Å². The SMILES string of the molecule is CC(=O)N[C@@H](CCCN=C(N)N)C(=O)N[C@H]1CCCCNC(=O)C[C@@H](C(N)=O)NC(=O)[C@H](Cc2c[nH]c3ccccc23)NC(=O)[C@H](CCCN=C(N)N)NC(=O)[C@@H](Cc2ccccc2)NC(=O)[C@H](CC(N)=O)NC1=O. The van der Waals surface area contributed by atoms with Crippen molar-refractivity contribution in [1.29, 1.82) is 0 Å². The summed E-state index contributed by atoms with van der Waals surface area (Å²) in [5.41, 5.74) is 35.1. The van der Waals surface area contributed by atoms with Gasteiger partial charge in [0.25, 0.3) is 0 Å². The van der Waals surface area contributed by atoms with E-state index in [1.54, 1.807) is 60.8 Å². The number of rotatable bonds is 18. The van der Waals surface area contributed by atoms with Crippen molar-refractivity contribution in [3.05, 3.63) is 71.9 Å². The first-order valence-electron chi connectivity index (χ1n) is 24.3. The fourth-order valence-electron chi connectivity index (χ4n) is 8.07. The Bertz CT molecular complexity index is 2560. The summed E-state index contributed by atoms with van der Waals surface area (Å²) in [5, 5.41) is 21.4. The molecule has 7 atom stereocenters. The topological polar surface area (TPSA) is 464 Å². The van der Waals surface area contributed by atoms with Crippen LogP contribution in [0.5, 0.6) is 0 Å². The van der Waals surface area contributed by atoms with Gasteiger partial charge in [-0.05, 0) is 62.1 Å². The number of primary amides is 2. The molecule has 1 fully saturated rings. The average molecular weight is 1040 g/mol. The number of hydrogen-bond acceptors (Lipinski definition) is 12. The van der Waals surface area contributed by atoms with E-state index in [-0.39, 0.29) is 89.3 Å². The zero-order valence-electron chi connectivity index (χ0n) is 41.7. The van der Waals surface area contributed by atoms with Gasteiger partial charge in [0.1, 0.15) is 42.3 Å². The molecule has 0 aliphatic carbocycles. The number of aromatic nitrogens is 1. The van der Waals surface area contributed by atoms with E-state index in [2.05, 4.69) is 57.5 Å². The molecule has 0 spiro atoms. The molecule has 0 radical (unpaired) electrons. The highest BCUT2D eigenvalue weighted by Crippen LogP contribution is 2.20. The summed E-state index contributed by atoms with van der Waals surface area (Å²) in [6, 6.07) is 5.33. The van der Waals surface area contributed by atoms with E-state index in [0.29, 0.717) is 16.5 Å². The van der Waals surface area contributed by atoms with Gasteiger partial charge in [0.2, 0.25) is 59.1 Å². The van der Waals surface area contributed by atoms with Crippen LogP contribution in [0.1, 0.15) is 75.8 Å². The third kappa shape index (κ3) is 20.3. The van der Waals surface area contributed by atoms with Gasteiger partial charge in [0.05, 0.1) is 12.8 Å². The molecule has 0 bridgehead atoms. The molecule has 406 valence electrons. The fourth-order valence-corrected chi connectivity index (χ4v) is 8.07. The molecule has 0 unspecified atom stereocenters. The number of nitrogens with zero attached hydrogens (tertiary/aromatic N) is 2. The number of guanidine groups is 2. The predicted octanol–water partition coefficient (Wildman–Crippen LogP) is -4.48. The highest BCUT2D eigenvalue weighted by molar-refractivity contribution is 5.99. The molecule has 2 aromatic carbocycles. The predicted molar refractivity (Wildman–Crippen MR) is 276 cm³/mol. The number of carbonyl (C=O) groups excluding carboxylic acids is 10. The van der Waals surface area contributed by atoms with Gasteiger partial charge in [-0.1, -0.05) is 48.5 Å². The molecule has 4 rings (SSSR count). The summed E-state index contributed by atoms with van der Waals surface area (Å²) in [7, 11) is 0. The first-order chi connectivity index (χ1) is 35.7. The van der Waals surface area contributed by atoms with Gasteiger partial charge in [-0.15, -0.1) is 0 Å².